The molecule has 2 rings (SSSR count). The van der Waals surface area contributed by atoms with Gasteiger partial charge in [-0.1, -0.05) is 0 Å². The third-order valence-corrected chi connectivity index (χ3v) is 3.08. The molecule has 1 aliphatic rings. The first kappa shape index (κ1) is 11.9. The van der Waals surface area contributed by atoms with E-state index in [9.17, 15) is 5.11 Å². The Kier molecular flexibility index (Phi) is 3.02. The number of nitrogens with zero attached hydrogens (tertiary/aromatic N) is 2. The van der Waals surface area contributed by atoms with E-state index in [0.29, 0.717) is 12.1 Å². The summed E-state index contributed by atoms with van der Waals surface area (Å²) >= 11 is 0. The Morgan fingerprint density at radius 1 is 1.59 bits per heavy atom. The molecule has 0 spiro atoms. The van der Waals surface area contributed by atoms with Gasteiger partial charge in [-0.05, 0) is 26.3 Å². The lowest BCUT2D eigenvalue weighted by Crippen LogP contribution is -2.26. The molecule has 0 aromatic carbocycles. The number of nitrogens with one attached hydrogen (secondary N) is 1. The van der Waals surface area contributed by atoms with Crippen LogP contribution in [0.25, 0.3) is 0 Å². The van der Waals surface area contributed by atoms with Crippen LogP contribution in [-0.4, -0.2) is 35.1 Å². The average Bonchev–Trinajstić information content (AvgIpc) is 2.62. The number of hydrogen-bond acceptors (Lipinski definition) is 4. The first-order valence-corrected chi connectivity index (χ1v) is 5.74. The van der Waals surface area contributed by atoms with E-state index in [2.05, 4.69) is 9.88 Å². The topological polar surface area (TPSA) is 86.2 Å². The smallest absolute Gasteiger partial charge is 0.126 e. The van der Waals surface area contributed by atoms with Gasteiger partial charge < -0.3 is 15.7 Å². The zero-order chi connectivity index (χ0) is 12.6. The van der Waals surface area contributed by atoms with Gasteiger partial charge in [0.25, 0.3) is 0 Å². The van der Waals surface area contributed by atoms with E-state index < -0.39 is 0 Å². The number of nitrogen functional groups attached to an aromatic ring is 1. The summed E-state index contributed by atoms with van der Waals surface area (Å²) in [5.74, 6) is 0.0337. The molecule has 1 aromatic rings. The largest absolute Gasteiger partial charge is 0.391 e. The fraction of sp³-hybridized carbons (Fsp3) is 0.500. The second kappa shape index (κ2) is 4.33. The lowest BCUT2D eigenvalue weighted by atomic mass is 10.1. The van der Waals surface area contributed by atoms with E-state index in [-0.39, 0.29) is 11.9 Å². The third kappa shape index (κ3) is 2.24. The Labute approximate surface area is 101 Å². The van der Waals surface area contributed by atoms with Crippen LogP contribution >= 0.6 is 0 Å². The van der Waals surface area contributed by atoms with Crippen molar-refractivity contribution in [2.24, 2.45) is 5.73 Å². The van der Waals surface area contributed by atoms with Crippen molar-refractivity contribution in [2.75, 3.05) is 18.0 Å². The Morgan fingerprint density at radius 2 is 2.29 bits per heavy atom. The Bertz CT molecular complexity index is 458. The summed E-state index contributed by atoms with van der Waals surface area (Å²) in [4.78, 5) is 6.41. The number of amidine groups is 1. The maximum absolute atomic E-state index is 9.59. The summed E-state index contributed by atoms with van der Waals surface area (Å²) in [7, 11) is 0. The predicted molar refractivity (Wildman–Crippen MR) is 67.6 cm³/mol. The normalized spacial score (nSPS) is 19.7. The van der Waals surface area contributed by atoms with Gasteiger partial charge in [-0.25, -0.2) is 0 Å². The number of nitrogens with two attached hydrogens (primary N) is 1. The molecule has 5 heteroatoms. The molecule has 17 heavy (non-hydrogen) atoms. The molecular weight excluding hydrogens is 216 g/mol. The van der Waals surface area contributed by atoms with Crippen LogP contribution in [0.4, 0.5) is 5.69 Å². The van der Waals surface area contributed by atoms with Gasteiger partial charge in [0.15, 0.2) is 0 Å². The highest BCUT2D eigenvalue weighted by atomic mass is 16.3. The fourth-order valence-corrected chi connectivity index (χ4v) is 2.35. The van der Waals surface area contributed by atoms with Gasteiger partial charge in [-0.3, -0.25) is 10.4 Å². The summed E-state index contributed by atoms with van der Waals surface area (Å²) in [5, 5.41) is 17.2. The minimum Gasteiger partial charge on any atom is -0.391 e. The highest BCUT2D eigenvalue weighted by Gasteiger charge is 2.24. The van der Waals surface area contributed by atoms with Crippen molar-refractivity contribution >= 4 is 11.5 Å². The highest BCUT2D eigenvalue weighted by Crippen LogP contribution is 2.26. The van der Waals surface area contributed by atoms with E-state index in [0.717, 1.165) is 30.0 Å². The molecular formula is C12H18N4O. The van der Waals surface area contributed by atoms with Crippen LogP contribution in [0.5, 0.6) is 0 Å². The first-order valence-electron chi connectivity index (χ1n) is 5.74. The van der Waals surface area contributed by atoms with Crippen molar-refractivity contribution in [3.05, 3.63) is 23.0 Å². The van der Waals surface area contributed by atoms with Crippen LogP contribution in [0, 0.1) is 19.3 Å². The molecule has 0 bridgehead atoms. The quantitative estimate of drug-likeness (QED) is 0.515. The first-order chi connectivity index (χ1) is 7.99. The average molecular weight is 234 g/mol. The number of aliphatic hydroxyl groups is 1. The van der Waals surface area contributed by atoms with Crippen LogP contribution in [0.15, 0.2) is 6.07 Å². The number of aryl methyl sites for hydroxylation is 2. The Morgan fingerprint density at radius 3 is 2.82 bits per heavy atom. The van der Waals surface area contributed by atoms with Crippen molar-refractivity contribution in [3.8, 4) is 0 Å². The molecule has 1 aromatic heterocycles. The monoisotopic (exact) mass is 234 g/mol. The number of hydrogen-bond donors (Lipinski definition) is 3. The van der Waals surface area contributed by atoms with Crippen molar-refractivity contribution in [1.29, 1.82) is 5.41 Å². The van der Waals surface area contributed by atoms with E-state index in [4.69, 9.17) is 11.1 Å². The van der Waals surface area contributed by atoms with Crippen molar-refractivity contribution in [2.45, 2.75) is 26.4 Å². The van der Waals surface area contributed by atoms with Crippen LogP contribution in [-0.2, 0) is 0 Å². The predicted octanol–water partition coefficient (Wildman–Crippen LogP) is 0.554. The van der Waals surface area contributed by atoms with E-state index in [1.807, 2.05) is 19.9 Å². The molecule has 0 radical (unpaired) electrons. The molecule has 1 atom stereocenters. The molecule has 5 nitrogen and oxygen atoms in total. The standard InChI is InChI=1S/C12H18N4O/c1-7-5-10(16-4-3-9(17)6-16)11(12(13)14)8(2)15-7/h5,9,17H,3-4,6H2,1-2H3,(H3,13,14). The maximum Gasteiger partial charge on any atom is 0.126 e. The number of aromatic nitrogens is 1. The van der Waals surface area contributed by atoms with Gasteiger partial charge in [0.05, 0.1) is 23.0 Å². The molecule has 0 amide bonds. The second-order valence-corrected chi connectivity index (χ2v) is 4.55. The minimum absolute atomic E-state index is 0.0337. The fourth-order valence-electron chi connectivity index (χ4n) is 2.35. The molecule has 1 unspecified atom stereocenters. The summed E-state index contributed by atoms with van der Waals surface area (Å²) < 4.78 is 0. The molecule has 0 saturated carbocycles. The van der Waals surface area contributed by atoms with Crippen molar-refractivity contribution < 1.29 is 5.11 Å². The molecule has 1 saturated heterocycles. The SMILES string of the molecule is Cc1cc(N2CCC(O)C2)c(C(=N)N)c(C)n1. The highest BCUT2D eigenvalue weighted by molar-refractivity contribution is 6.01. The molecule has 1 aliphatic heterocycles. The number of rotatable bonds is 2. The Balaban J connectivity index is 2.47. The Hall–Kier alpha value is -1.62. The molecule has 2 heterocycles. The lowest BCUT2D eigenvalue weighted by molar-refractivity contribution is 0.198. The zero-order valence-corrected chi connectivity index (χ0v) is 10.2. The van der Waals surface area contributed by atoms with Gasteiger partial charge in [0.2, 0.25) is 0 Å². The van der Waals surface area contributed by atoms with Gasteiger partial charge in [-0.2, -0.15) is 0 Å². The van der Waals surface area contributed by atoms with Crippen LogP contribution in [0.3, 0.4) is 0 Å². The van der Waals surface area contributed by atoms with Crippen molar-refractivity contribution in [1.82, 2.24) is 4.98 Å². The van der Waals surface area contributed by atoms with E-state index in [1.165, 1.54) is 0 Å². The molecule has 4 N–H and O–H groups in total. The number of aliphatic hydroxyl groups excluding tert-OH is 1. The minimum atomic E-state index is -0.288. The summed E-state index contributed by atoms with van der Waals surface area (Å²) in [5.41, 5.74) is 8.90. The molecule has 1 fully saturated rings. The van der Waals surface area contributed by atoms with Crippen LogP contribution in [0.1, 0.15) is 23.4 Å². The van der Waals surface area contributed by atoms with Gasteiger partial charge in [0, 0.05) is 18.8 Å². The second-order valence-electron chi connectivity index (χ2n) is 4.55. The van der Waals surface area contributed by atoms with Crippen molar-refractivity contribution in [3.63, 3.8) is 0 Å². The zero-order valence-electron chi connectivity index (χ0n) is 10.2. The van der Waals surface area contributed by atoms with Crippen LogP contribution in [0.2, 0.25) is 0 Å². The summed E-state index contributed by atoms with van der Waals surface area (Å²) in [6, 6.07) is 1.93. The van der Waals surface area contributed by atoms with E-state index in [1.54, 1.807) is 0 Å². The van der Waals surface area contributed by atoms with Gasteiger partial charge >= 0.3 is 0 Å². The third-order valence-electron chi connectivity index (χ3n) is 3.08. The summed E-state index contributed by atoms with van der Waals surface area (Å²) in [6.07, 6.45) is 0.473. The van der Waals surface area contributed by atoms with E-state index >= 15 is 0 Å². The van der Waals surface area contributed by atoms with Gasteiger partial charge in [-0.15, -0.1) is 0 Å². The lowest BCUT2D eigenvalue weighted by Gasteiger charge is -2.22. The number of pyridine rings is 1. The summed E-state index contributed by atoms with van der Waals surface area (Å²) in [6.45, 7) is 5.18. The van der Waals surface area contributed by atoms with Crippen LogP contribution < -0.4 is 10.6 Å². The molecule has 92 valence electrons. The number of anilines is 1. The molecule has 0 aliphatic carbocycles. The number of β-amino-alcohol motifs (C(OH)–C–C–N with tert-alkyl or cyclic N) is 1. The van der Waals surface area contributed by atoms with Gasteiger partial charge in [0.1, 0.15) is 5.84 Å². The maximum atomic E-state index is 9.59.